The summed E-state index contributed by atoms with van der Waals surface area (Å²) in [5.41, 5.74) is 0.635. The Morgan fingerprint density at radius 2 is 1.89 bits per heavy atom. The highest BCUT2D eigenvalue weighted by Gasteiger charge is 2.25. The number of piperazine rings is 1. The van der Waals surface area contributed by atoms with Crippen molar-refractivity contribution in [1.29, 1.82) is 0 Å². The van der Waals surface area contributed by atoms with E-state index in [2.05, 4.69) is 24.1 Å². The van der Waals surface area contributed by atoms with Gasteiger partial charge in [-0.1, -0.05) is 6.07 Å². The second-order valence-corrected chi connectivity index (χ2v) is 7.05. The maximum Gasteiger partial charge on any atom is 0.328 e. The lowest BCUT2D eigenvalue weighted by Crippen LogP contribution is -2.51. The van der Waals surface area contributed by atoms with Crippen LogP contribution in [0.2, 0.25) is 0 Å². The molecule has 1 N–H and O–H groups in total. The van der Waals surface area contributed by atoms with Gasteiger partial charge in [0.25, 0.3) is 5.91 Å². The zero-order chi connectivity index (χ0) is 19.4. The molecule has 2 saturated heterocycles. The number of carbonyl (C=O) groups excluding carboxylic acids is 3. The van der Waals surface area contributed by atoms with Crippen molar-refractivity contribution >= 4 is 23.5 Å². The number of carbonyl (C=O) groups is 3. The number of nitrogens with zero attached hydrogens (tertiary/aromatic N) is 3. The largest absolute Gasteiger partial charge is 0.484 e. The van der Waals surface area contributed by atoms with Gasteiger partial charge in [0, 0.05) is 56.9 Å². The number of imide groups is 1. The van der Waals surface area contributed by atoms with Gasteiger partial charge in [-0.25, -0.2) is 4.79 Å². The minimum absolute atomic E-state index is 0.0319. The summed E-state index contributed by atoms with van der Waals surface area (Å²) in [7, 11) is 0. The second-order valence-electron chi connectivity index (χ2n) is 7.05. The van der Waals surface area contributed by atoms with Crippen LogP contribution in [0.4, 0.5) is 10.5 Å². The third-order valence-corrected chi connectivity index (χ3v) is 4.94. The monoisotopic (exact) mass is 374 g/mol. The molecule has 0 unspecified atom stereocenters. The third-order valence-electron chi connectivity index (χ3n) is 4.94. The van der Waals surface area contributed by atoms with E-state index < -0.39 is 6.03 Å². The molecule has 0 bridgehead atoms. The number of hydrogen-bond donors (Lipinski definition) is 1. The van der Waals surface area contributed by atoms with Gasteiger partial charge in [0.2, 0.25) is 5.91 Å². The number of ether oxygens (including phenoxy) is 1. The highest BCUT2D eigenvalue weighted by molar-refractivity contribution is 6.05. The van der Waals surface area contributed by atoms with Gasteiger partial charge in [-0.2, -0.15) is 0 Å². The first-order valence-electron chi connectivity index (χ1n) is 9.30. The van der Waals surface area contributed by atoms with Gasteiger partial charge in [-0.15, -0.1) is 0 Å². The number of nitrogens with one attached hydrogen (secondary N) is 1. The third kappa shape index (κ3) is 4.77. The Hall–Kier alpha value is -2.61. The summed E-state index contributed by atoms with van der Waals surface area (Å²) in [5.74, 6) is 0.211. The number of urea groups is 1. The van der Waals surface area contributed by atoms with Crippen LogP contribution in [0.25, 0.3) is 0 Å². The molecule has 1 aromatic rings. The molecule has 8 nitrogen and oxygen atoms in total. The fourth-order valence-corrected chi connectivity index (χ4v) is 3.28. The number of anilines is 1. The van der Waals surface area contributed by atoms with Crippen molar-refractivity contribution < 1.29 is 19.1 Å². The van der Waals surface area contributed by atoms with Gasteiger partial charge in [-0.05, 0) is 26.0 Å². The molecule has 1 aromatic carbocycles. The highest BCUT2D eigenvalue weighted by atomic mass is 16.5. The van der Waals surface area contributed by atoms with Crippen LogP contribution in [0.1, 0.15) is 20.3 Å². The van der Waals surface area contributed by atoms with Gasteiger partial charge < -0.3 is 9.64 Å². The topological polar surface area (TPSA) is 82.2 Å². The number of amides is 4. The minimum atomic E-state index is -0.442. The molecular formula is C19H26N4O4. The van der Waals surface area contributed by atoms with Crippen LogP contribution in [-0.4, -0.2) is 73.0 Å². The molecule has 2 heterocycles. The number of benzene rings is 1. The number of rotatable bonds is 5. The van der Waals surface area contributed by atoms with E-state index in [1.54, 1.807) is 24.3 Å². The van der Waals surface area contributed by atoms with Crippen LogP contribution >= 0.6 is 0 Å². The quantitative estimate of drug-likeness (QED) is 0.834. The van der Waals surface area contributed by atoms with Crippen LogP contribution in [0, 0.1) is 0 Å². The van der Waals surface area contributed by atoms with Gasteiger partial charge >= 0.3 is 6.03 Å². The molecular weight excluding hydrogens is 348 g/mol. The first-order valence-corrected chi connectivity index (χ1v) is 9.30. The lowest BCUT2D eigenvalue weighted by Gasteiger charge is -2.36. The van der Waals surface area contributed by atoms with E-state index in [-0.39, 0.29) is 24.8 Å². The average molecular weight is 374 g/mol. The Morgan fingerprint density at radius 3 is 2.56 bits per heavy atom. The molecule has 8 heteroatoms. The van der Waals surface area contributed by atoms with Crippen LogP contribution in [0.3, 0.4) is 0 Å². The van der Waals surface area contributed by atoms with E-state index in [0.717, 1.165) is 13.1 Å². The van der Waals surface area contributed by atoms with Crippen molar-refractivity contribution in [3.05, 3.63) is 24.3 Å². The molecule has 146 valence electrons. The Balaban J connectivity index is 1.53. The summed E-state index contributed by atoms with van der Waals surface area (Å²) in [6.07, 6.45) is 0.262. The Morgan fingerprint density at radius 1 is 1.15 bits per heavy atom. The lowest BCUT2D eigenvalue weighted by molar-refractivity contribution is -0.135. The Labute approximate surface area is 159 Å². The SMILES string of the molecule is CC(C)N1CCN(C(=O)COc2cccc(N3CCC(=O)NC3=O)c2)CC1. The van der Waals surface area contributed by atoms with E-state index in [9.17, 15) is 14.4 Å². The predicted molar refractivity (Wildman–Crippen MR) is 101 cm³/mol. The van der Waals surface area contributed by atoms with E-state index >= 15 is 0 Å². The Bertz CT molecular complexity index is 713. The highest BCUT2D eigenvalue weighted by Crippen LogP contribution is 2.23. The van der Waals surface area contributed by atoms with Gasteiger partial charge in [0.15, 0.2) is 6.61 Å². The molecule has 0 aliphatic carbocycles. The summed E-state index contributed by atoms with van der Waals surface area (Å²) >= 11 is 0. The van der Waals surface area contributed by atoms with Crippen LogP contribution in [-0.2, 0) is 9.59 Å². The molecule has 4 amide bonds. The molecule has 0 aromatic heterocycles. The van der Waals surface area contributed by atoms with Crippen molar-refractivity contribution in [2.75, 3.05) is 44.2 Å². The van der Waals surface area contributed by atoms with E-state index in [1.807, 2.05) is 4.90 Å². The van der Waals surface area contributed by atoms with Crippen molar-refractivity contribution in [3.8, 4) is 5.75 Å². The van der Waals surface area contributed by atoms with Gasteiger partial charge in [0.1, 0.15) is 5.75 Å². The molecule has 2 fully saturated rings. The maximum atomic E-state index is 12.4. The van der Waals surface area contributed by atoms with Gasteiger partial charge in [0.05, 0.1) is 0 Å². The van der Waals surface area contributed by atoms with Crippen molar-refractivity contribution in [2.24, 2.45) is 0 Å². The summed E-state index contributed by atoms with van der Waals surface area (Å²) < 4.78 is 5.65. The second kappa shape index (κ2) is 8.39. The van der Waals surface area contributed by atoms with Crippen LogP contribution in [0.15, 0.2) is 24.3 Å². The summed E-state index contributed by atoms with van der Waals surface area (Å²) in [6.45, 7) is 7.79. The molecule has 0 radical (unpaired) electrons. The standard InChI is InChI=1S/C19H26N4O4/c1-14(2)21-8-10-22(11-9-21)18(25)13-27-16-5-3-4-15(12-16)23-7-6-17(24)20-19(23)26/h3-5,12,14H,6-11,13H2,1-2H3,(H,20,24,26). The first-order chi connectivity index (χ1) is 12.9. The summed E-state index contributed by atoms with van der Waals surface area (Å²) in [5, 5.41) is 2.29. The zero-order valence-corrected chi connectivity index (χ0v) is 15.8. The van der Waals surface area contributed by atoms with E-state index in [1.165, 1.54) is 4.90 Å². The van der Waals surface area contributed by atoms with Crippen LogP contribution in [0.5, 0.6) is 5.75 Å². The van der Waals surface area contributed by atoms with Gasteiger partial charge in [-0.3, -0.25) is 24.7 Å². The van der Waals surface area contributed by atoms with Crippen LogP contribution < -0.4 is 15.0 Å². The van der Waals surface area contributed by atoms with Crippen molar-refractivity contribution in [1.82, 2.24) is 15.1 Å². The fourth-order valence-electron chi connectivity index (χ4n) is 3.28. The molecule has 3 rings (SSSR count). The van der Waals surface area contributed by atoms with Crippen molar-refractivity contribution in [3.63, 3.8) is 0 Å². The fraction of sp³-hybridized carbons (Fsp3) is 0.526. The average Bonchev–Trinajstić information content (AvgIpc) is 2.66. The molecule has 0 spiro atoms. The number of hydrogen-bond acceptors (Lipinski definition) is 5. The summed E-state index contributed by atoms with van der Waals surface area (Å²) in [4.78, 5) is 41.3. The van der Waals surface area contributed by atoms with Crippen molar-refractivity contribution in [2.45, 2.75) is 26.3 Å². The molecule has 2 aliphatic heterocycles. The first kappa shape index (κ1) is 19.2. The molecule has 2 aliphatic rings. The molecule has 0 saturated carbocycles. The smallest absolute Gasteiger partial charge is 0.328 e. The molecule has 0 atom stereocenters. The normalized spacial score (nSPS) is 18.6. The maximum absolute atomic E-state index is 12.4. The lowest BCUT2D eigenvalue weighted by atomic mass is 10.2. The summed E-state index contributed by atoms with van der Waals surface area (Å²) in [6, 6.07) is 7.04. The Kier molecular flexibility index (Phi) is 5.95. The van der Waals surface area contributed by atoms with E-state index in [4.69, 9.17) is 4.74 Å². The van der Waals surface area contributed by atoms with E-state index in [0.29, 0.717) is 37.1 Å². The zero-order valence-electron chi connectivity index (χ0n) is 15.8. The minimum Gasteiger partial charge on any atom is -0.484 e. The predicted octanol–water partition coefficient (Wildman–Crippen LogP) is 1.06. The molecule has 27 heavy (non-hydrogen) atoms.